The molecule has 0 amide bonds. The summed E-state index contributed by atoms with van der Waals surface area (Å²) in [5, 5.41) is 17.7. The molecule has 1 aromatic carbocycles. The Morgan fingerprint density at radius 3 is 2.76 bits per heavy atom. The predicted molar refractivity (Wildman–Crippen MR) is 63.7 cm³/mol. The molecule has 4 heteroatoms. The van der Waals surface area contributed by atoms with E-state index in [1.165, 1.54) is 0 Å². The van der Waals surface area contributed by atoms with Gasteiger partial charge in [0.2, 0.25) is 0 Å². The molecule has 0 saturated heterocycles. The van der Waals surface area contributed by atoms with E-state index in [-0.39, 0.29) is 0 Å². The Kier molecular flexibility index (Phi) is 3.67. The number of hydrogen-bond donors (Lipinski definition) is 1. The summed E-state index contributed by atoms with van der Waals surface area (Å²) < 4.78 is 5.48. The zero-order valence-electron chi connectivity index (χ0n) is 9.58. The molecule has 0 saturated carbocycles. The molecule has 1 heterocycles. The van der Waals surface area contributed by atoms with Crippen LogP contribution < -0.4 is 4.74 Å². The lowest BCUT2D eigenvalue weighted by Crippen LogP contribution is -2.04. The molecule has 0 aliphatic heterocycles. The van der Waals surface area contributed by atoms with Crippen LogP contribution in [-0.4, -0.2) is 21.9 Å². The fourth-order valence-corrected chi connectivity index (χ4v) is 1.64. The van der Waals surface area contributed by atoms with Gasteiger partial charge in [-0.1, -0.05) is 18.2 Å². The lowest BCUT2D eigenvalue weighted by molar-refractivity contribution is 0.211. The van der Waals surface area contributed by atoms with Gasteiger partial charge < -0.3 is 9.84 Å². The van der Waals surface area contributed by atoms with Crippen LogP contribution in [0.25, 0.3) is 0 Å². The summed E-state index contributed by atoms with van der Waals surface area (Å²) in [5.74, 6) is 0.694. The van der Waals surface area contributed by atoms with E-state index in [0.717, 1.165) is 5.56 Å². The molecule has 1 N–H and O–H groups in total. The molecule has 2 rings (SSSR count). The molecule has 0 aliphatic carbocycles. The number of aliphatic hydroxyl groups is 1. The second-order valence-electron chi connectivity index (χ2n) is 3.55. The van der Waals surface area contributed by atoms with Gasteiger partial charge in [-0.25, -0.2) is 0 Å². The first kappa shape index (κ1) is 11.5. The Hall–Kier alpha value is -1.94. The van der Waals surface area contributed by atoms with Crippen LogP contribution in [0.2, 0.25) is 0 Å². The second-order valence-corrected chi connectivity index (χ2v) is 3.55. The summed E-state index contributed by atoms with van der Waals surface area (Å²) in [5.41, 5.74) is 1.44. The van der Waals surface area contributed by atoms with Gasteiger partial charge in [0.05, 0.1) is 12.8 Å². The number of ether oxygens (including phenoxy) is 1. The molecule has 88 valence electrons. The number of aromatic nitrogens is 2. The van der Waals surface area contributed by atoms with Gasteiger partial charge in [-0.05, 0) is 19.1 Å². The summed E-state index contributed by atoms with van der Waals surface area (Å²) in [6.45, 7) is 2.48. The van der Waals surface area contributed by atoms with E-state index in [0.29, 0.717) is 17.9 Å². The Labute approximate surface area is 99.9 Å². The largest absolute Gasteiger partial charge is 0.493 e. The Morgan fingerprint density at radius 2 is 2.06 bits per heavy atom. The van der Waals surface area contributed by atoms with Crippen LogP contribution in [0.15, 0.2) is 42.7 Å². The lowest BCUT2D eigenvalue weighted by Gasteiger charge is -2.15. The molecule has 1 aromatic heterocycles. The first-order valence-electron chi connectivity index (χ1n) is 5.49. The number of benzene rings is 1. The fourth-order valence-electron chi connectivity index (χ4n) is 1.64. The van der Waals surface area contributed by atoms with Crippen molar-refractivity contribution >= 4 is 0 Å². The molecule has 0 spiro atoms. The van der Waals surface area contributed by atoms with E-state index >= 15 is 0 Å². The molecule has 17 heavy (non-hydrogen) atoms. The highest BCUT2D eigenvalue weighted by molar-refractivity contribution is 5.39. The van der Waals surface area contributed by atoms with Crippen molar-refractivity contribution in [2.24, 2.45) is 0 Å². The molecule has 1 atom stereocenters. The topological polar surface area (TPSA) is 55.2 Å². The van der Waals surface area contributed by atoms with Gasteiger partial charge >= 0.3 is 0 Å². The normalized spacial score (nSPS) is 12.1. The maximum absolute atomic E-state index is 10.3. The van der Waals surface area contributed by atoms with Gasteiger partial charge in [0.25, 0.3) is 0 Å². The zero-order valence-corrected chi connectivity index (χ0v) is 9.58. The smallest absolute Gasteiger partial charge is 0.125 e. The number of hydrogen-bond acceptors (Lipinski definition) is 4. The highest BCUT2D eigenvalue weighted by atomic mass is 16.5. The van der Waals surface area contributed by atoms with Gasteiger partial charge in [0.15, 0.2) is 0 Å². The third-order valence-electron chi connectivity index (χ3n) is 2.44. The molecular formula is C13H14N2O2. The third-order valence-corrected chi connectivity index (χ3v) is 2.44. The average molecular weight is 230 g/mol. The van der Waals surface area contributed by atoms with Crippen LogP contribution in [0.4, 0.5) is 0 Å². The van der Waals surface area contributed by atoms with Gasteiger partial charge in [-0.15, -0.1) is 0 Å². The Balaban J connectivity index is 2.33. The zero-order chi connectivity index (χ0) is 12.1. The van der Waals surface area contributed by atoms with Crippen LogP contribution in [0.1, 0.15) is 24.2 Å². The molecule has 0 fully saturated rings. The van der Waals surface area contributed by atoms with Crippen LogP contribution in [0.3, 0.4) is 0 Å². The molecule has 0 radical (unpaired) electrons. The minimum absolute atomic E-state index is 0.568. The van der Waals surface area contributed by atoms with Crippen LogP contribution in [0.5, 0.6) is 5.75 Å². The number of para-hydroxylation sites is 1. The van der Waals surface area contributed by atoms with Crippen molar-refractivity contribution in [1.29, 1.82) is 0 Å². The Bertz CT molecular complexity index is 474. The summed E-state index contributed by atoms with van der Waals surface area (Å²) in [6, 6.07) is 9.18. The van der Waals surface area contributed by atoms with E-state index in [1.807, 2.05) is 31.2 Å². The highest BCUT2D eigenvalue weighted by Gasteiger charge is 2.15. The van der Waals surface area contributed by atoms with Gasteiger partial charge in [0.1, 0.15) is 11.9 Å². The van der Waals surface area contributed by atoms with Crippen molar-refractivity contribution in [3.05, 3.63) is 53.9 Å². The van der Waals surface area contributed by atoms with Crippen molar-refractivity contribution in [3.63, 3.8) is 0 Å². The maximum atomic E-state index is 10.3. The third kappa shape index (κ3) is 2.60. The standard InChI is InChI=1S/C13H14N2O2/c1-2-17-12-6-4-3-5-11(12)13(16)10-7-8-14-15-9-10/h3-9,13,16H,2H2,1H3. The van der Waals surface area contributed by atoms with Gasteiger partial charge in [-0.2, -0.15) is 10.2 Å². The Morgan fingerprint density at radius 1 is 1.24 bits per heavy atom. The first-order chi connectivity index (χ1) is 8.33. The van der Waals surface area contributed by atoms with Crippen molar-refractivity contribution < 1.29 is 9.84 Å². The summed E-state index contributed by atoms with van der Waals surface area (Å²) in [6.07, 6.45) is 2.36. The molecule has 1 unspecified atom stereocenters. The van der Waals surface area contributed by atoms with Gasteiger partial charge in [0, 0.05) is 17.3 Å². The van der Waals surface area contributed by atoms with Crippen molar-refractivity contribution in [2.45, 2.75) is 13.0 Å². The molecule has 0 bridgehead atoms. The first-order valence-corrected chi connectivity index (χ1v) is 5.49. The van der Waals surface area contributed by atoms with Gasteiger partial charge in [-0.3, -0.25) is 0 Å². The minimum atomic E-state index is -0.742. The monoisotopic (exact) mass is 230 g/mol. The predicted octanol–water partition coefficient (Wildman–Crippen LogP) is 1.96. The summed E-state index contributed by atoms with van der Waals surface area (Å²) >= 11 is 0. The van der Waals surface area contributed by atoms with E-state index in [4.69, 9.17) is 4.74 Å². The van der Waals surface area contributed by atoms with E-state index in [9.17, 15) is 5.11 Å². The van der Waals surface area contributed by atoms with E-state index in [2.05, 4.69) is 10.2 Å². The summed E-state index contributed by atoms with van der Waals surface area (Å²) in [7, 11) is 0. The van der Waals surface area contributed by atoms with E-state index in [1.54, 1.807) is 18.5 Å². The van der Waals surface area contributed by atoms with E-state index < -0.39 is 6.10 Å². The molecule has 0 aliphatic rings. The van der Waals surface area contributed by atoms with Crippen LogP contribution in [-0.2, 0) is 0 Å². The summed E-state index contributed by atoms with van der Waals surface area (Å²) in [4.78, 5) is 0. The van der Waals surface area contributed by atoms with Crippen molar-refractivity contribution in [3.8, 4) is 5.75 Å². The highest BCUT2D eigenvalue weighted by Crippen LogP contribution is 2.29. The second kappa shape index (κ2) is 5.41. The molecular weight excluding hydrogens is 216 g/mol. The number of rotatable bonds is 4. The molecule has 4 nitrogen and oxygen atoms in total. The fraction of sp³-hybridized carbons (Fsp3) is 0.231. The minimum Gasteiger partial charge on any atom is -0.493 e. The maximum Gasteiger partial charge on any atom is 0.125 e. The average Bonchev–Trinajstić information content (AvgIpc) is 2.40. The SMILES string of the molecule is CCOc1ccccc1C(O)c1ccnnc1. The van der Waals surface area contributed by atoms with Crippen LogP contribution in [0, 0.1) is 0 Å². The number of aliphatic hydroxyl groups excluding tert-OH is 1. The molecule has 2 aromatic rings. The van der Waals surface area contributed by atoms with Crippen molar-refractivity contribution in [2.75, 3.05) is 6.61 Å². The number of nitrogens with zero attached hydrogens (tertiary/aromatic N) is 2. The lowest BCUT2D eigenvalue weighted by atomic mass is 10.0. The van der Waals surface area contributed by atoms with Crippen LogP contribution >= 0.6 is 0 Å². The quantitative estimate of drug-likeness (QED) is 0.872. The van der Waals surface area contributed by atoms with Crippen molar-refractivity contribution in [1.82, 2.24) is 10.2 Å².